The summed E-state index contributed by atoms with van der Waals surface area (Å²) in [7, 11) is 0. The van der Waals surface area contributed by atoms with Crippen LogP contribution < -0.4 is 10.5 Å². The van der Waals surface area contributed by atoms with Crippen LogP contribution in [0.5, 0.6) is 5.75 Å². The lowest BCUT2D eigenvalue weighted by molar-refractivity contribution is -0.144. The van der Waals surface area contributed by atoms with Gasteiger partial charge in [-0.25, -0.2) is 4.79 Å². The molecular weight excluding hydrogens is 382 g/mol. The SMILES string of the molecule is NC(C(=O)OCC(=O)c1ccccc1)c1ccc(OCC(=O)c2ccccc2)cc1. The first-order valence-electron chi connectivity index (χ1n) is 9.36. The first kappa shape index (κ1) is 21.0. The van der Waals surface area contributed by atoms with Gasteiger partial charge in [-0.2, -0.15) is 0 Å². The molecule has 30 heavy (non-hydrogen) atoms. The summed E-state index contributed by atoms with van der Waals surface area (Å²) < 4.78 is 10.5. The second-order valence-corrected chi connectivity index (χ2v) is 6.52. The Balaban J connectivity index is 1.50. The largest absolute Gasteiger partial charge is 0.485 e. The van der Waals surface area contributed by atoms with Gasteiger partial charge in [-0.1, -0.05) is 72.8 Å². The third kappa shape index (κ3) is 5.62. The van der Waals surface area contributed by atoms with Gasteiger partial charge in [0.25, 0.3) is 0 Å². The maximum absolute atomic E-state index is 12.2. The molecule has 0 saturated heterocycles. The lowest BCUT2D eigenvalue weighted by Crippen LogP contribution is -2.26. The lowest BCUT2D eigenvalue weighted by Gasteiger charge is -2.12. The molecule has 152 valence electrons. The highest BCUT2D eigenvalue weighted by molar-refractivity contribution is 5.98. The van der Waals surface area contributed by atoms with Crippen molar-refractivity contribution in [3.05, 3.63) is 102 Å². The highest BCUT2D eigenvalue weighted by Crippen LogP contribution is 2.18. The Kier molecular flexibility index (Phi) is 7.08. The predicted octanol–water partition coefficient (Wildman–Crippen LogP) is 3.37. The Hall–Kier alpha value is -3.77. The Labute approximate surface area is 174 Å². The molecule has 6 heteroatoms. The summed E-state index contributed by atoms with van der Waals surface area (Å²) in [6.45, 7) is -0.474. The van der Waals surface area contributed by atoms with E-state index in [0.717, 1.165) is 0 Å². The van der Waals surface area contributed by atoms with Crippen LogP contribution in [-0.4, -0.2) is 30.7 Å². The number of ether oxygens (including phenoxy) is 2. The average molecular weight is 403 g/mol. The number of benzene rings is 3. The molecule has 0 aliphatic carbocycles. The predicted molar refractivity (Wildman–Crippen MR) is 111 cm³/mol. The monoisotopic (exact) mass is 403 g/mol. The molecule has 0 bridgehead atoms. The molecule has 1 atom stereocenters. The van der Waals surface area contributed by atoms with Gasteiger partial charge in [-0.3, -0.25) is 9.59 Å². The van der Waals surface area contributed by atoms with Gasteiger partial charge in [0.1, 0.15) is 11.8 Å². The van der Waals surface area contributed by atoms with Crippen molar-refractivity contribution in [2.24, 2.45) is 5.73 Å². The smallest absolute Gasteiger partial charge is 0.328 e. The molecule has 0 aliphatic heterocycles. The van der Waals surface area contributed by atoms with Gasteiger partial charge < -0.3 is 15.2 Å². The topological polar surface area (TPSA) is 95.7 Å². The summed E-state index contributed by atoms with van der Waals surface area (Å²) in [6.07, 6.45) is 0. The minimum Gasteiger partial charge on any atom is -0.485 e. The van der Waals surface area contributed by atoms with Gasteiger partial charge in [0.15, 0.2) is 24.8 Å². The molecule has 0 aliphatic rings. The quantitative estimate of drug-likeness (QED) is 0.435. The number of nitrogens with two attached hydrogens (primary N) is 1. The molecule has 1 unspecified atom stereocenters. The van der Waals surface area contributed by atoms with E-state index in [4.69, 9.17) is 15.2 Å². The number of carbonyl (C=O) groups is 3. The molecule has 0 heterocycles. The summed E-state index contributed by atoms with van der Waals surface area (Å²) >= 11 is 0. The van der Waals surface area contributed by atoms with E-state index in [9.17, 15) is 14.4 Å². The average Bonchev–Trinajstić information content (AvgIpc) is 2.81. The van der Waals surface area contributed by atoms with E-state index in [1.807, 2.05) is 6.07 Å². The Bertz CT molecular complexity index is 1000. The maximum Gasteiger partial charge on any atom is 0.328 e. The van der Waals surface area contributed by atoms with Gasteiger partial charge in [-0.15, -0.1) is 0 Å². The fourth-order valence-corrected chi connectivity index (χ4v) is 2.70. The zero-order valence-electron chi connectivity index (χ0n) is 16.2. The Morgan fingerprint density at radius 1 is 0.700 bits per heavy atom. The standard InChI is InChI=1S/C24H21NO5/c25-23(24(28)30-16-22(27)18-9-5-2-6-10-18)19-11-13-20(14-12-19)29-15-21(26)17-7-3-1-4-8-17/h1-14,23H,15-16,25H2. The highest BCUT2D eigenvalue weighted by Gasteiger charge is 2.19. The molecule has 0 saturated carbocycles. The fraction of sp³-hybridized carbons (Fsp3) is 0.125. The molecule has 3 aromatic carbocycles. The molecule has 0 fully saturated rings. The third-order valence-electron chi connectivity index (χ3n) is 4.40. The van der Waals surface area contributed by atoms with Crippen molar-refractivity contribution in [3.8, 4) is 5.75 Å². The number of hydrogen-bond acceptors (Lipinski definition) is 6. The minimum absolute atomic E-state index is 0.0982. The van der Waals surface area contributed by atoms with Crippen molar-refractivity contribution in [1.29, 1.82) is 0 Å². The van der Waals surface area contributed by atoms with Crippen LogP contribution in [0, 0.1) is 0 Å². The number of esters is 1. The summed E-state index contributed by atoms with van der Waals surface area (Å²) in [5.41, 5.74) is 7.48. The Morgan fingerprint density at radius 2 is 1.20 bits per heavy atom. The number of carbonyl (C=O) groups excluding carboxylic acids is 3. The summed E-state index contributed by atoms with van der Waals surface area (Å²) in [6, 6.07) is 22.9. The van der Waals surface area contributed by atoms with Gasteiger partial charge in [0, 0.05) is 11.1 Å². The second-order valence-electron chi connectivity index (χ2n) is 6.52. The summed E-state index contributed by atoms with van der Waals surface area (Å²) in [4.78, 5) is 36.3. The summed E-state index contributed by atoms with van der Waals surface area (Å²) in [5.74, 6) is -0.666. The zero-order valence-corrected chi connectivity index (χ0v) is 16.2. The van der Waals surface area contributed by atoms with E-state index >= 15 is 0 Å². The van der Waals surface area contributed by atoms with E-state index in [1.165, 1.54) is 0 Å². The van der Waals surface area contributed by atoms with Crippen molar-refractivity contribution in [2.75, 3.05) is 13.2 Å². The van der Waals surface area contributed by atoms with E-state index in [-0.39, 0.29) is 24.8 Å². The van der Waals surface area contributed by atoms with Crippen LogP contribution in [0.15, 0.2) is 84.9 Å². The van der Waals surface area contributed by atoms with E-state index in [1.54, 1.807) is 78.9 Å². The van der Waals surface area contributed by atoms with Crippen LogP contribution in [0.1, 0.15) is 32.3 Å². The molecule has 0 amide bonds. The molecule has 3 aromatic rings. The van der Waals surface area contributed by atoms with Crippen molar-refractivity contribution in [3.63, 3.8) is 0 Å². The van der Waals surface area contributed by atoms with Crippen LogP contribution in [-0.2, 0) is 9.53 Å². The van der Waals surface area contributed by atoms with Crippen molar-refractivity contribution in [2.45, 2.75) is 6.04 Å². The molecule has 0 aromatic heterocycles. The minimum atomic E-state index is -1.03. The number of hydrogen-bond donors (Lipinski definition) is 1. The van der Waals surface area contributed by atoms with Crippen LogP contribution in [0.4, 0.5) is 0 Å². The normalized spacial score (nSPS) is 11.4. The van der Waals surface area contributed by atoms with E-state index in [0.29, 0.717) is 22.4 Å². The van der Waals surface area contributed by atoms with Crippen LogP contribution in [0.25, 0.3) is 0 Å². The molecule has 3 rings (SSSR count). The molecule has 0 spiro atoms. The van der Waals surface area contributed by atoms with Crippen LogP contribution in [0.2, 0.25) is 0 Å². The third-order valence-corrected chi connectivity index (χ3v) is 4.40. The molecular formula is C24H21NO5. The van der Waals surface area contributed by atoms with Crippen molar-refractivity contribution < 1.29 is 23.9 Å². The fourth-order valence-electron chi connectivity index (χ4n) is 2.70. The highest BCUT2D eigenvalue weighted by atomic mass is 16.5. The van der Waals surface area contributed by atoms with Crippen molar-refractivity contribution in [1.82, 2.24) is 0 Å². The summed E-state index contributed by atoms with van der Waals surface area (Å²) in [5, 5.41) is 0. The van der Waals surface area contributed by atoms with E-state index in [2.05, 4.69) is 0 Å². The van der Waals surface area contributed by atoms with Gasteiger partial charge in [0.2, 0.25) is 0 Å². The number of Topliss-reactive ketones (excluding diaryl/α,β-unsaturated/α-hetero) is 2. The first-order chi connectivity index (χ1) is 14.5. The van der Waals surface area contributed by atoms with Crippen LogP contribution in [0.3, 0.4) is 0 Å². The van der Waals surface area contributed by atoms with Gasteiger partial charge in [0.05, 0.1) is 0 Å². The number of ketones is 2. The lowest BCUT2D eigenvalue weighted by atomic mass is 10.1. The maximum atomic E-state index is 12.2. The molecule has 6 nitrogen and oxygen atoms in total. The van der Waals surface area contributed by atoms with Gasteiger partial charge >= 0.3 is 5.97 Å². The zero-order chi connectivity index (χ0) is 21.3. The molecule has 0 radical (unpaired) electrons. The van der Waals surface area contributed by atoms with Crippen LogP contribution >= 0.6 is 0 Å². The first-order valence-corrected chi connectivity index (χ1v) is 9.36. The Morgan fingerprint density at radius 3 is 1.73 bits per heavy atom. The van der Waals surface area contributed by atoms with Gasteiger partial charge in [-0.05, 0) is 17.7 Å². The van der Waals surface area contributed by atoms with E-state index < -0.39 is 12.0 Å². The second kappa shape index (κ2) is 10.1. The molecule has 2 N–H and O–H groups in total. The number of rotatable bonds is 9. The van der Waals surface area contributed by atoms with Crippen molar-refractivity contribution >= 4 is 17.5 Å².